The zero-order valence-corrected chi connectivity index (χ0v) is 9.45. The molecule has 0 N–H and O–H groups in total. The summed E-state index contributed by atoms with van der Waals surface area (Å²) in [6.07, 6.45) is 15.6. The van der Waals surface area contributed by atoms with Crippen LogP contribution in [0.15, 0.2) is 18.3 Å². The Balaban J connectivity index is 0.000000181. The van der Waals surface area contributed by atoms with Crippen LogP contribution in [-0.2, 0) is 0 Å². The minimum atomic E-state index is 0.407. The number of nitriles is 1. The first-order valence-corrected chi connectivity index (χ1v) is 5.70. The largest absolute Gasteiger partial charge is 0.246 e. The van der Waals surface area contributed by atoms with E-state index in [0.29, 0.717) is 11.3 Å². The molecule has 0 amide bonds. The second kappa shape index (κ2) is 7.49. The number of terminal acetylenes is 1. The number of hydrogen-bond acceptors (Lipinski definition) is 2. The molecular weight excluding hydrogens is 196 g/mol. The molecule has 0 unspecified atom stereocenters. The summed E-state index contributed by atoms with van der Waals surface area (Å²) in [5, 5.41) is 8.46. The molecule has 0 spiro atoms. The highest BCUT2D eigenvalue weighted by Crippen LogP contribution is 2.15. The molecule has 0 aromatic carbocycles. The second-order valence-electron chi connectivity index (χ2n) is 3.78. The van der Waals surface area contributed by atoms with Crippen molar-refractivity contribution in [3.63, 3.8) is 0 Å². The third kappa shape index (κ3) is 4.15. The summed E-state index contributed by atoms with van der Waals surface area (Å²) in [5.74, 6) is 2.31. The van der Waals surface area contributed by atoms with E-state index in [1.807, 2.05) is 6.07 Å². The minimum Gasteiger partial charge on any atom is -0.246 e. The van der Waals surface area contributed by atoms with Gasteiger partial charge in [0.15, 0.2) is 0 Å². The van der Waals surface area contributed by atoms with Crippen LogP contribution in [0.4, 0.5) is 0 Å². The van der Waals surface area contributed by atoms with Crippen LogP contribution in [0.25, 0.3) is 0 Å². The van der Waals surface area contributed by atoms with E-state index in [0.717, 1.165) is 0 Å². The van der Waals surface area contributed by atoms with Gasteiger partial charge in [-0.3, -0.25) is 0 Å². The number of rotatable bonds is 0. The van der Waals surface area contributed by atoms with Crippen LogP contribution in [0.1, 0.15) is 49.8 Å². The summed E-state index contributed by atoms with van der Waals surface area (Å²) in [4.78, 5) is 3.81. The van der Waals surface area contributed by atoms with E-state index in [4.69, 9.17) is 11.7 Å². The lowest BCUT2D eigenvalue weighted by Gasteiger charge is -2.05. The highest BCUT2D eigenvalue weighted by molar-refractivity contribution is 5.41. The lowest BCUT2D eigenvalue weighted by Crippen LogP contribution is -1.85. The molecule has 1 aromatic heterocycles. The number of pyridine rings is 1. The predicted octanol–water partition coefficient (Wildman–Crippen LogP) is 3.28. The van der Waals surface area contributed by atoms with E-state index in [9.17, 15) is 0 Å². The van der Waals surface area contributed by atoms with Crippen LogP contribution in [-0.4, -0.2) is 4.98 Å². The third-order valence-corrected chi connectivity index (χ3v) is 2.56. The molecule has 16 heavy (non-hydrogen) atoms. The Labute approximate surface area is 97.3 Å². The standard InChI is InChI=1S/C8H4N2.C6H12/c1-2-8-7(6-9)4-3-5-10-8;1-2-4-6-5-3-1/h1,3-5H;1-6H2. The van der Waals surface area contributed by atoms with Crippen molar-refractivity contribution in [1.82, 2.24) is 4.98 Å². The van der Waals surface area contributed by atoms with Crippen molar-refractivity contribution in [1.29, 1.82) is 5.26 Å². The monoisotopic (exact) mass is 212 g/mol. The maximum atomic E-state index is 8.46. The van der Waals surface area contributed by atoms with Crippen LogP contribution in [0, 0.1) is 23.7 Å². The van der Waals surface area contributed by atoms with Crippen molar-refractivity contribution in [3.8, 4) is 18.4 Å². The SMILES string of the molecule is C#Cc1ncccc1C#N.C1CCCCC1. The van der Waals surface area contributed by atoms with E-state index in [-0.39, 0.29) is 0 Å². The van der Waals surface area contributed by atoms with E-state index >= 15 is 0 Å². The zero-order chi connectivity index (χ0) is 11.6. The molecule has 0 aliphatic heterocycles. The molecule has 1 saturated carbocycles. The molecule has 1 heterocycles. The first-order valence-electron chi connectivity index (χ1n) is 5.70. The van der Waals surface area contributed by atoms with Crippen molar-refractivity contribution in [2.45, 2.75) is 38.5 Å². The fraction of sp³-hybridized carbons (Fsp3) is 0.429. The molecule has 2 nitrogen and oxygen atoms in total. The summed E-state index contributed by atoms with van der Waals surface area (Å²) in [6.45, 7) is 0. The normalized spacial score (nSPS) is 13.9. The molecule has 1 fully saturated rings. The van der Waals surface area contributed by atoms with Crippen LogP contribution < -0.4 is 0 Å². The first-order chi connectivity index (χ1) is 7.88. The lowest BCUT2D eigenvalue weighted by molar-refractivity contribution is 0.504. The van der Waals surface area contributed by atoms with Gasteiger partial charge in [-0.2, -0.15) is 5.26 Å². The molecule has 0 radical (unpaired) electrons. The molecule has 0 bridgehead atoms. The number of hydrogen-bond donors (Lipinski definition) is 0. The third-order valence-electron chi connectivity index (χ3n) is 2.56. The smallest absolute Gasteiger partial charge is 0.130 e. The maximum Gasteiger partial charge on any atom is 0.130 e. The molecular formula is C14H16N2. The first kappa shape index (κ1) is 12.3. The van der Waals surface area contributed by atoms with Crippen LogP contribution in [0.2, 0.25) is 0 Å². The van der Waals surface area contributed by atoms with Gasteiger partial charge in [-0.15, -0.1) is 6.42 Å². The fourth-order valence-electron chi connectivity index (χ4n) is 1.67. The van der Waals surface area contributed by atoms with Gasteiger partial charge in [-0.1, -0.05) is 38.5 Å². The van der Waals surface area contributed by atoms with Gasteiger partial charge < -0.3 is 0 Å². The molecule has 0 atom stereocenters. The molecule has 0 saturated heterocycles. The van der Waals surface area contributed by atoms with Gasteiger partial charge in [-0.05, 0) is 18.1 Å². The van der Waals surface area contributed by atoms with Crippen LogP contribution in [0.3, 0.4) is 0 Å². The highest BCUT2D eigenvalue weighted by atomic mass is 14.7. The average Bonchev–Trinajstić information content (AvgIpc) is 2.41. The van der Waals surface area contributed by atoms with Gasteiger partial charge in [0.25, 0.3) is 0 Å². The highest BCUT2D eigenvalue weighted by Gasteiger charge is 1.96. The van der Waals surface area contributed by atoms with Gasteiger partial charge in [0, 0.05) is 6.20 Å². The Kier molecular flexibility index (Phi) is 5.74. The molecule has 1 aliphatic rings. The van der Waals surface area contributed by atoms with Crippen LogP contribution >= 0.6 is 0 Å². The van der Waals surface area contributed by atoms with Gasteiger partial charge in [0.2, 0.25) is 0 Å². The lowest BCUT2D eigenvalue weighted by atomic mass is 10.0. The van der Waals surface area contributed by atoms with Crippen molar-refractivity contribution >= 4 is 0 Å². The molecule has 82 valence electrons. The van der Waals surface area contributed by atoms with Gasteiger partial charge in [0.1, 0.15) is 11.8 Å². The fourth-order valence-corrected chi connectivity index (χ4v) is 1.67. The quantitative estimate of drug-likeness (QED) is 0.619. The minimum absolute atomic E-state index is 0.407. The van der Waals surface area contributed by atoms with E-state index in [1.165, 1.54) is 38.5 Å². The molecule has 1 aliphatic carbocycles. The zero-order valence-electron chi connectivity index (χ0n) is 9.45. The number of nitrogens with zero attached hydrogens (tertiary/aromatic N) is 2. The maximum absolute atomic E-state index is 8.46. The Morgan fingerprint density at radius 1 is 1.12 bits per heavy atom. The summed E-state index contributed by atoms with van der Waals surface area (Å²) >= 11 is 0. The summed E-state index contributed by atoms with van der Waals surface area (Å²) in [6, 6.07) is 5.26. The Morgan fingerprint density at radius 3 is 2.06 bits per heavy atom. The van der Waals surface area contributed by atoms with Gasteiger partial charge in [-0.25, -0.2) is 4.98 Å². The van der Waals surface area contributed by atoms with Crippen molar-refractivity contribution in [2.24, 2.45) is 0 Å². The van der Waals surface area contributed by atoms with E-state index in [1.54, 1.807) is 18.3 Å². The summed E-state index contributed by atoms with van der Waals surface area (Å²) < 4.78 is 0. The van der Waals surface area contributed by atoms with Crippen molar-refractivity contribution in [2.75, 3.05) is 0 Å². The Morgan fingerprint density at radius 2 is 1.69 bits per heavy atom. The number of aromatic nitrogens is 1. The average molecular weight is 212 g/mol. The second-order valence-corrected chi connectivity index (χ2v) is 3.78. The topological polar surface area (TPSA) is 36.7 Å². The molecule has 2 heteroatoms. The summed E-state index contributed by atoms with van der Waals surface area (Å²) in [5.41, 5.74) is 0.856. The molecule has 2 rings (SSSR count). The molecule has 1 aromatic rings. The van der Waals surface area contributed by atoms with Crippen molar-refractivity contribution in [3.05, 3.63) is 29.6 Å². The Bertz CT molecular complexity index is 347. The van der Waals surface area contributed by atoms with E-state index in [2.05, 4.69) is 10.9 Å². The van der Waals surface area contributed by atoms with Gasteiger partial charge in [0.05, 0.1) is 5.56 Å². The van der Waals surface area contributed by atoms with Crippen molar-refractivity contribution < 1.29 is 0 Å². The Hall–Kier alpha value is -1.80. The predicted molar refractivity (Wildman–Crippen MR) is 64.6 cm³/mol. The van der Waals surface area contributed by atoms with E-state index < -0.39 is 0 Å². The van der Waals surface area contributed by atoms with Crippen LogP contribution in [0.5, 0.6) is 0 Å². The summed E-state index contributed by atoms with van der Waals surface area (Å²) in [7, 11) is 0. The van der Waals surface area contributed by atoms with Gasteiger partial charge >= 0.3 is 0 Å².